The minimum Gasteiger partial charge on any atom is -0.448 e. The number of H-pyrrole nitrogens is 1. The molecule has 0 bridgehead atoms. The van der Waals surface area contributed by atoms with E-state index in [1.807, 2.05) is 19.1 Å². The number of ether oxygens (including phenoxy) is 1. The van der Waals surface area contributed by atoms with E-state index in [0.717, 1.165) is 5.56 Å². The van der Waals surface area contributed by atoms with Crippen LogP contribution in [0.3, 0.4) is 0 Å². The summed E-state index contributed by atoms with van der Waals surface area (Å²) in [5, 5.41) is 2.71. The number of anilines is 1. The van der Waals surface area contributed by atoms with Crippen LogP contribution in [-0.2, 0) is 14.3 Å². The fraction of sp³-hybridized carbons (Fsp3) is 0.278. The van der Waals surface area contributed by atoms with Crippen LogP contribution in [0.1, 0.15) is 23.0 Å². The molecule has 0 aliphatic carbocycles. The van der Waals surface area contributed by atoms with Gasteiger partial charge in [-0.2, -0.15) is 0 Å². The number of hydrogen-bond acceptors (Lipinski definition) is 4. The van der Waals surface area contributed by atoms with Gasteiger partial charge >= 0.3 is 5.97 Å². The van der Waals surface area contributed by atoms with Gasteiger partial charge in [0, 0.05) is 18.9 Å². The van der Waals surface area contributed by atoms with Crippen LogP contribution in [0.2, 0.25) is 0 Å². The Balaban J connectivity index is 1.85. The molecule has 2 N–H and O–H groups in total. The van der Waals surface area contributed by atoms with Gasteiger partial charge in [0.2, 0.25) is 5.91 Å². The lowest BCUT2D eigenvalue weighted by atomic mass is 10.2. The molecule has 0 saturated heterocycles. The van der Waals surface area contributed by atoms with Gasteiger partial charge in [-0.1, -0.05) is 17.7 Å². The molecule has 1 atom stereocenters. The summed E-state index contributed by atoms with van der Waals surface area (Å²) in [5.74, 6) is -1.41. The minimum atomic E-state index is -0.993. The zero-order chi connectivity index (χ0) is 18.4. The normalized spacial score (nSPS) is 11.5. The lowest BCUT2D eigenvalue weighted by molar-refractivity contribution is -0.140. The van der Waals surface area contributed by atoms with E-state index in [2.05, 4.69) is 10.3 Å². The fourth-order valence-electron chi connectivity index (χ4n) is 2.17. The van der Waals surface area contributed by atoms with Crippen LogP contribution in [0, 0.1) is 6.92 Å². The first-order chi connectivity index (χ1) is 11.9. The zero-order valence-electron chi connectivity index (χ0n) is 14.4. The van der Waals surface area contributed by atoms with Crippen LogP contribution in [0.4, 0.5) is 5.69 Å². The SMILES string of the molecule is Cc1ccc(NC(=O)CN(C)C(=O)[C@@H](C)OC(=O)c2ccc[nH]2)cc1. The number of aryl methyl sites for hydroxylation is 1. The standard InChI is InChI=1S/C18H21N3O4/c1-12-6-8-14(9-7-12)20-16(22)11-21(3)17(23)13(2)25-18(24)15-5-4-10-19-15/h4-10,13,19H,11H2,1-3H3,(H,20,22)/t13-/m1/s1. The molecule has 25 heavy (non-hydrogen) atoms. The predicted octanol–water partition coefficient (Wildman–Crippen LogP) is 1.97. The van der Waals surface area contributed by atoms with Gasteiger partial charge in [0.1, 0.15) is 5.69 Å². The molecule has 1 heterocycles. The summed E-state index contributed by atoms with van der Waals surface area (Å²) in [6, 6.07) is 10.5. The molecule has 132 valence electrons. The van der Waals surface area contributed by atoms with Crippen molar-refractivity contribution in [3.8, 4) is 0 Å². The number of hydrogen-bond donors (Lipinski definition) is 2. The van der Waals surface area contributed by atoms with E-state index in [4.69, 9.17) is 4.74 Å². The summed E-state index contributed by atoms with van der Waals surface area (Å²) in [5.41, 5.74) is 2.00. The second-order valence-corrected chi connectivity index (χ2v) is 5.74. The van der Waals surface area contributed by atoms with Gasteiger partial charge < -0.3 is 19.9 Å². The number of aromatic amines is 1. The molecule has 0 saturated carbocycles. The summed E-state index contributed by atoms with van der Waals surface area (Å²) >= 11 is 0. The molecule has 0 aliphatic rings. The Morgan fingerprint density at radius 3 is 2.48 bits per heavy atom. The minimum absolute atomic E-state index is 0.142. The van der Waals surface area contributed by atoms with Crippen molar-refractivity contribution in [3.63, 3.8) is 0 Å². The van der Waals surface area contributed by atoms with Gasteiger partial charge in [0.05, 0.1) is 6.54 Å². The van der Waals surface area contributed by atoms with Crippen molar-refractivity contribution < 1.29 is 19.1 Å². The molecule has 0 unspecified atom stereocenters. The summed E-state index contributed by atoms with van der Waals surface area (Å²) in [6.07, 6.45) is 0.595. The number of likely N-dealkylation sites (N-methyl/N-ethyl adjacent to an activating group) is 1. The highest BCUT2D eigenvalue weighted by Gasteiger charge is 2.23. The Hall–Kier alpha value is -3.09. The second-order valence-electron chi connectivity index (χ2n) is 5.74. The van der Waals surface area contributed by atoms with Crippen LogP contribution in [-0.4, -0.2) is 47.4 Å². The number of nitrogens with zero attached hydrogens (tertiary/aromatic N) is 1. The third kappa shape index (κ3) is 5.20. The molecule has 0 spiro atoms. The Morgan fingerprint density at radius 2 is 1.88 bits per heavy atom. The highest BCUT2D eigenvalue weighted by molar-refractivity contribution is 5.96. The molecule has 7 nitrogen and oxygen atoms in total. The Morgan fingerprint density at radius 1 is 1.20 bits per heavy atom. The lowest BCUT2D eigenvalue weighted by Gasteiger charge is -2.21. The van der Waals surface area contributed by atoms with E-state index in [0.29, 0.717) is 5.69 Å². The molecule has 0 radical (unpaired) electrons. The monoisotopic (exact) mass is 343 g/mol. The maximum absolute atomic E-state index is 12.2. The van der Waals surface area contributed by atoms with Crippen LogP contribution < -0.4 is 5.32 Å². The van der Waals surface area contributed by atoms with Gasteiger partial charge in [0.25, 0.3) is 5.91 Å². The van der Waals surface area contributed by atoms with Gasteiger partial charge in [-0.15, -0.1) is 0 Å². The molecule has 2 amide bonds. The van der Waals surface area contributed by atoms with E-state index in [1.165, 1.54) is 18.9 Å². The van der Waals surface area contributed by atoms with Crippen LogP contribution >= 0.6 is 0 Å². The fourth-order valence-corrected chi connectivity index (χ4v) is 2.17. The number of carbonyl (C=O) groups excluding carboxylic acids is 3. The third-order valence-electron chi connectivity index (χ3n) is 3.54. The lowest BCUT2D eigenvalue weighted by Crippen LogP contribution is -2.41. The Kier molecular flexibility index (Phi) is 5.94. The van der Waals surface area contributed by atoms with E-state index in [-0.39, 0.29) is 18.1 Å². The number of amides is 2. The maximum Gasteiger partial charge on any atom is 0.355 e. The van der Waals surface area contributed by atoms with Crippen molar-refractivity contribution in [2.75, 3.05) is 18.9 Å². The largest absolute Gasteiger partial charge is 0.448 e. The van der Waals surface area contributed by atoms with Gasteiger partial charge in [-0.3, -0.25) is 9.59 Å². The number of benzene rings is 1. The van der Waals surface area contributed by atoms with Crippen LogP contribution in [0.15, 0.2) is 42.6 Å². The number of rotatable bonds is 6. The van der Waals surface area contributed by atoms with Crippen molar-refractivity contribution in [2.24, 2.45) is 0 Å². The van der Waals surface area contributed by atoms with Crippen LogP contribution in [0.25, 0.3) is 0 Å². The topological polar surface area (TPSA) is 91.5 Å². The molecule has 2 rings (SSSR count). The number of esters is 1. The predicted molar refractivity (Wildman–Crippen MR) is 93.1 cm³/mol. The van der Waals surface area contributed by atoms with Gasteiger partial charge in [0.15, 0.2) is 6.10 Å². The Bertz CT molecular complexity index is 738. The van der Waals surface area contributed by atoms with Crippen molar-refractivity contribution in [1.29, 1.82) is 0 Å². The Labute approximate surface area is 146 Å². The van der Waals surface area contributed by atoms with Crippen molar-refractivity contribution in [3.05, 3.63) is 53.9 Å². The molecule has 0 fully saturated rings. The second kappa shape index (κ2) is 8.14. The van der Waals surface area contributed by atoms with Gasteiger partial charge in [-0.05, 0) is 38.1 Å². The number of nitrogens with one attached hydrogen (secondary N) is 2. The summed E-state index contributed by atoms with van der Waals surface area (Å²) < 4.78 is 5.10. The zero-order valence-corrected chi connectivity index (χ0v) is 14.4. The quantitative estimate of drug-likeness (QED) is 0.785. The molecule has 1 aromatic heterocycles. The van der Waals surface area contributed by atoms with Crippen molar-refractivity contribution in [1.82, 2.24) is 9.88 Å². The molecular formula is C18H21N3O4. The van der Waals surface area contributed by atoms with Crippen LogP contribution in [0.5, 0.6) is 0 Å². The van der Waals surface area contributed by atoms with E-state index in [9.17, 15) is 14.4 Å². The first kappa shape index (κ1) is 18.3. The molecule has 1 aromatic carbocycles. The number of aromatic nitrogens is 1. The average Bonchev–Trinajstić information content (AvgIpc) is 3.10. The summed E-state index contributed by atoms with van der Waals surface area (Å²) in [7, 11) is 1.48. The molecule has 2 aromatic rings. The first-order valence-electron chi connectivity index (χ1n) is 7.82. The van der Waals surface area contributed by atoms with Crippen molar-refractivity contribution >= 4 is 23.5 Å². The molecule has 7 heteroatoms. The average molecular weight is 343 g/mol. The highest BCUT2D eigenvalue weighted by atomic mass is 16.5. The smallest absolute Gasteiger partial charge is 0.355 e. The summed E-state index contributed by atoms with van der Waals surface area (Å²) in [4.78, 5) is 40.0. The van der Waals surface area contributed by atoms with E-state index in [1.54, 1.807) is 30.5 Å². The molecule has 0 aliphatic heterocycles. The summed E-state index contributed by atoms with van der Waals surface area (Å²) in [6.45, 7) is 3.28. The highest BCUT2D eigenvalue weighted by Crippen LogP contribution is 2.09. The maximum atomic E-state index is 12.2. The van der Waals surface area contributed by atoms with Crippen molar-refractivity contribution in [2.45, 2.75) is 20.0 Å². The van der Waals surface area contributed by atoms with E-state index >= 15 is 0 Å². The molecular weight excluding hydrogens is 322 g/mol. The van der Waals surface area contributed by atoms with Gasteiger partial charge in [-0.25, -0.2) is 4.79 Å². The number of carbonyl (C=O) groups is 3. The first-order valence-corrected chi connectivity index (χ1v) is 7.82. The third-order valence-corrected chi connectivity index (χ3v) is 3.54. The van der Waals surface area contributed by atoms with E-state index < -0.39 is 18.0 Å².